The van der Waals surface area contributed by atoms with Gasteiger partial charge < -0.3 is 4.48 Å². The van der Waals surface area contributed by atoms with Crippen LogP contribution < -0.4 is 5.73 Å². The normalized spacial score (nSPS) is 12.3. The van der Waals surface area contributed by atoms with Crippen LogP contribution in [0.15, 0.2) is 30.3 Å². The van der Waals surface area contributed by atoms with E-state index in [0.29, 0.717) is 12.0 Å². The Kier molecular flexibility index (Phi) is 22.8. The van der Waals surface area contributed by atoms with E-state index in [2.05, 4.69) is 27.9 Å². The molecule has 1 aromatic carbocycles. The van der Waals surface area contributed by atoms with Crippen molar-refractivity contribution in [3.8, 4) is 0 Å². The van der Waals surface area contributed by atoms with Crippen molar-refractivity contribution in [3.05, 3.63) is 35.9 Å². The zero-order valence-electron chi connectivity index (χ0n) is 22.8. The van der Waals surface area contributed by atoms with Crippen molar-refractivity contribution in [1.29, 1.82) is 0 Å². The molecule has 0 radical (unpaired) electrons. The van der Waals surface area contributed by atoms with Gasteiger partial charge in [0, 0.05) is 12.3 Å². The van der Waals surface area contributed by atoms with Crippen molar-refractivity contribution in [2.45, 2.75) is 135 Å². The fourth-order valence-corrected chi connectivity index (χ4v) is 4.47. The van der Waals surface area contributed by atoms with E-state index in [9.17, 15) is 0 Å². The van der Waals surface area contributed by atoms with Crippen molar-refractivity contribution in [2.75, 3.05) is 20.6 Å². The number of nitrogens with zero attached hydrogens (tertiary/aromatic N) is 1. The summed E-state index contributed by atoms with van der Waals surface area (Å²) >= 11 is 5.53. The van der Waals surface area contributed by atoms with E-state index in [1.165, 1.54) is 115 Å². The second-order valence-electron chi connectivity index (χ2n) is 10.4. The molecule has 0 bridgehead atoms. The number of hydrogen-bond acceptors (Lipinski definition) is 1. The summed E-state index contributed by atoms with van der Waals surface area (Å²) in [6.45, 7) is 5.72. The smallest absolute Gasteiger partial charge is 0.139 e. The molecule has 0 amide bonds. The summed E-state index contributed by atoms with van der Waals surface area (Å²) in [5.41, 5.74) is 7.36. The Morgan fingerprint density at radius 1 is 0.667 bits per heavy atom. The molecular weight excluding hydrogens is 424 g/mol. The fraction of sp³-hybridized carbons (Fsp3) is 0.800. The van der Waals surface area contributed by atoms with Gasteiger partial charge in [-0.1, -0.05) is 134 Å². The number of nitrogens with two attached hydrogens (primary N) is 1. The maximum absolute atomic E-state index is 6.19. The number of hydrogen-bond donors (Lipinski definition) is 1. The Morgan fingerprint density at radius 3 is 1.39 bits per heavy atom. The minimum atomic E-state index is 0.302. The molecular formula is C30H58ClN2+. The predicted octanol–water partition coefficient (Wildman–Crippen LogP) is 9.44. The highest BCUT2D eigenvalue weighted by molar-refractivity contribution is 6.17. The molecule has 3 heteroatoms. The lowest BCUT2D eigenvalue weighted by atomic mass is 10.0. The first-order valence-electron chi connectivity index (χ1n) is 14.2. The third kappa shape index (κ3) is 20.5. The van der Waals surface area contributed by atoms with Crippen molar-refractivity contribution in [1.82, 2.24) is 0 Å². The second kappa shape index (κ2) is 23.2. The maximum Gasteiger partial charge on any atom is 0.139 e. The molecule has 2 nitrogen and oxygen atoms in total. The van der Waals surface area contributed by atoms with E-state index in [4.69, 9.17) is 17.3 Å². The molecule has 0 aromatic heterocycles. The molecule has 1 atom stereocenters. The van der Waals surface area contributed by atoms with Crippen LogP contribution in [-0.2, 0) is 5.88 Å². The highest BCUT2D eigenvalue weighted by atomic mass is 35.5. The first-order valence-corrected chi connectivity index (χ1v) is 14.7. The van der Waals surface area contributed by atoms with Gasteiger partial charge in [-0.15, -0.1) is 11.6 Å². The van der Waals surface area contributed by atoms with Crippen molar-refractivity contribution < 1.29 is 4.48 Å². The van der Waals surface area contributed by atoms with Crippen LogP contribution in [0.4, 0.5) is 0 Å². The van der Waals surface area contributed by atoms with Crippen LogP contribution >= 0.6 is 11.6 Å². The molecule has 1 unspecified atom stereocenters. The van der Waals surface area contributed by atoms with E-state index in [-0.39, 0.29) is 0 Å². The average Bonchev–Trinajstić information content (AvgIpc) is 2.84. The molecule has 0 aliphatic carbocycles. The molecule has 0 aliphatic rings. The highest BCUT2D eigenvalue weighted by Crippen LogP contribution is 2.14. The van der Waals surface area contributed by atoms with Gasteiger partial charge in [-0.05, 0) is 18.4 Å². The van der Waals surface area contributed by atoms with E-state index < -0.39 is 0 Å². The molecule has 194 valence electrons. The average molecular weight is 482 g/mol. The van der Waals surface area contributed by atoms with Crippen LogP contribution in [0, 0.1) is 0 Å². The van der Waals surface area contributed by atoms with Gasteiger partial charge in [-0.25, -0.2) is 0 Å². The number of unbranched alkanes of at least 4 members (excludes halogenated alkanes) is 15. The van der Waals surface area contributed by atoms with Gasteiger partial charge in [0.25, 0.3) is 0 Å². The van der Waals surface area contributed by atoms with Crippen LogP contribution in [0.5, 0.6) is 0 Å². The zero-order valence-corrected chi connectivity index (χ0v) is 23.6. The first kappa shape index (κ1) is 32.4. The third-order valence-corrected chi connectivity index (χ3v) is 7.21. The molecule has 0 saturated heterocycles. The summed E-state index contributed by atoms with van der Waals surface area (Å²) < 4.78 is 0.981. The summed E-state index contributed by atoms with van der Waals surface area (Å²) in [6.07, 6.45) is 24.4. The van der Waals surface area contributed by atoms with Gasteiger partial charge in [0.05, 0.1) is 20.6 Å². The van der Waals surface area contributed by atoms with Gasteiger partial charge in [-0.2, -0.15) is 0 Å². The van der Waals surface area contributed by atoms with Gasteiger partial charge in [0.2, 0.25) is 0 Å². The quantitative estimate of drug-likeness (QED) is 0.0852. The zero-order chi connectivity index (χ0) is 24.6. The van der Waals surface area contributed by atoms with Gasteiger partial charge in [0.1, 0.15) is 6.17 Å². The minimum Gasteiger partial charge on any atom is -0.314 e. The predicted molar refractivity (Wildman–Crippen MR) is 151 cm³/mol. The number of alkyl halides is 1. The number of benzene rings is 1. The topological polar surface area (TPSA) is 26.0 Å². The van der Waals surface area contributed by atoms with Crippen molar-refractivity contribution in [3.63, 3.8) is 0 Å². The Balaban J connectivity index is 0.00000106. The molecule has 1 aromatic rings. The SMILES string of the molecule is CCCCCCCCCCCCCCCCCC[N+](C)(C)C(N)CC.ClCc1ccccc1. The fourth-order valence-electron chi connectivity index (χ4n) is 4.29. The Bertz CT molecular complexity index is 503. The van der Waals surface area contributed by atoms with E-state index in [1.807, 2.05) is 30.3 Å². The monoisotopic (exact) mass is 481 g/mol. The number of quaternary nitrogens is 1. The largest absolute Gasteiger partial charge is 0.314 e. The lowest BCUT2D eigenvalue weighted by Gasteiger charge is -2.35. The molecule has 0 spiro atoms. The van der Waals surface area contributed by atoms with E-state index >= 15 is 0 Å². The van der Waals surface area contributed by atoms with Crippen LogP contribution in [0.2, 0.25) is 0 Å². The van der Waals surface area contributed by atoms with Gasteiger partial charge >= 0.3 is 0 Å². The lowest BCUT2D eigenvalue weighted by Crippen LogP contribution is -2.53. The molecule has 0 saturated carbocycles. The van der Waals surface area contributed by atoms with Crippen LogP contribution in [0.3, 0.4) is 0 Å². The summed E-state index contributed by atoms with van der Waals surface area (Å²) in [5, 5.41) is 0. The molecule has 2 N–H and O–H groups in total. The third-order valence-electron chi connectivity index (χ3n) is 6.90. The van der Waals surface area contributed by atoms with E-state index in [1.54, 1.807) is 0 Å². The molecule has 1 rings (SSSR count). The van der Waals surface area contributed by atoms with Gasteiger partial charge in [0.15, 0.2) is 0 Å². The van der Waals surface area contributed by atoms with Crippen molar-refractivity contribution in [2.24, 2.45) is 5.73 Å². The summed E-state index contributed by atoms with van der Waals surface area (Å²) in [5.74, 6) is 0.612. The summed E-state index contributed by atoms with van der Waals surface area (Å²) in [6, 6.07) is 9.96. The Labute approximate surface area is 213 Å². The summed E-state index contributed by atoms with van der Waals surface area (Å²) in [7, 11) is 4.55. The lowest BCUT2D eigenvalue weighted by molar-refractivity contribution is -0.915. The molecule has 0 aliphatic heterocycles. The van der Waals surface area contributed by atoms with Crippen molar-refractivity contribution >= 4 is 11.6 Å². The van der Waals surface area contributed by atoms with Gasteiger partial charge in [-0.3, -0.25) is 5.73 Å². The standard InChI is InChI=1S/C23H51N2.C7H7Cl/c1-5-7-8-9-10-11-12-13-14-15-16-17-18-19-20-21-22-25(3,4)23(24)6-2;8-6-7-4-2-1-3-5-7/h23H,5-22,24H2,1-4H3;1-5H,6H2/q+1;. The highest BCUT2D eigenvalue weighted by Gasteiger charge is 2.21. The molecule has 33 heavy (non-hydrogen) atoms. The minimum absolute atomic E-state index is 0.302. The number of halogens is 1. The maximum atomic E-state index is 6.19. The molecule has 0 heterocycles. The number of rotatable bonds is 20. The molecule has 0 fully saturated rings. The second-order valence-corrected chi connectivity index (χ2v) is 10.7. The van der Waals surface area contributed by atoms with Crippen LogP contribution in [-0.4, -0.2) is 31.3 Å². The van der Waals surface area contributed by atoms with Crippen LogP contribution in [0.1, 0.15) is 129 Å². The Morgan fingerprint density at radius 2 is 1.06 bits per heavy atom. The van der Waals surface area contributed by atoms with E-state index in [0.717, 1.165) is 10.9 Å². The van der Waals surface area contributed by atoms with Crippen LogP contribution in [0.25, 0.3) is 0 Å². The Hall–Kier alpha value is -0.570. The summed E-state index contributed by atoms with van der Waals surface area (Å²) in [4.78, 5) is 0. The first-order chi connectivity index (χ1) is 16.0.